The van der Waals surface area contributed by atoms with Gasteiger partial charge >= 0.3 is 0 Å². The van der Waals surface area contributed by atoms with E-state index in [2.05, 4.69) is 4.98 Å². The lowest BCUT2D eigenvalue weighted by Crippen LogP contribution is -2.03. The molecule has 4 heteroatoms. The number of hydrogen-bond donors (Lipinski definition) is 1. The third kappa shape index (κ3) is 4.01. The number of aromatic nitrogens is 1. The summed E-state index contributed by atoms with van der Waals surface area (Å²) in [7, 11) is 0. The average Bonchev–Trinajstić information content (AvgIpc) is 2.26. The van der Waals surface area contributed by atoms with Gasteiger partial charge in [0.25, 0.3) is 0 Å². The van der Waals surface area contributed by atoms with E-state index < -0.39 is 0 Å². The number of rotatable bonds is 5. The van der Waals surface area contributed by atoms with Crippen LogP contribution in [0, 0.1) is 5.92 Å². The van der Waals surface area contributed by atoms with Crippen molar-refractivity contribution < 1.29 is 9.90 Å². The fraction of sp³-hybridized carbons (Fsp3) is 0.455. The Hall–Kier alpha value is -0.870. The van der Waals surface area contributed by atoms with Crippen LogP contribution in [-0.4, -0.2) is 28.2 Å². The summed E-state index contributed by atoms with van der Waals surface area (Å²) in [5.74, 6) is 1.11. The highest BCUT2D eigenvalue weighted by Crippen LogP contribution is 2.19. The Balaban J connectivity index is 2.62. The summed E-state index contributed by atoms with van der Waals surface area (Å²) in [6.45, 7) is 3.70. The minimum atomic E-state index is 0.0504. The maximum atomic E-state index is 11.1. The van der Waals surface area contributed by atoms with Crippen LogP contribution in [0.15, 0.2) is 23.4 Å². The van der Waals surface area contributed by atoms with Crippen molar-refractivity contribution in [1.82, 2.24) is 4.98 Å². The van der Waals surface area contributed by atoms with Gasteiger partial charge in [-0.3, -0.25) is 4.79 Å². The highest BCUT2D eigenvalue weighted by atomic mass is 32.2. The molecule has 0 amide bonds. The molecule has 0 spiro atoms. The summed E-state index contributed by atoms with van der Waals surface area (Å²) in [5, 5.41) is 9.70. The molecule has 0 bridgehead atoms. The Bertz CT molecular complexity index is 341. The predicted octanol–water partition coefficient (Wildman–Crippen LogP) is 2.00. The van der Waals surface area contributed by atoms with Gasteiger partial charge in [-0.05, 0) is 25.0 Å². The van der Waals surface area contributed by atoms with Crippen LogP contribution in [0.1, 0.15) is 24.2 Å². The molecular weight excluding hydrogens is 210 g/mol. The predicted molar refractivity (Wildman–Crippen MR) is 61.2 cm³/mol. The van der Waals surface area contributed by atoms with Crippen molar-refractivity contribution in [2.75, 3.05) is 12.4 Å². The standard InChI is InChI=1S/C11H15NO2S/c1-8(6-13)7-15-11-5-10(9(2)14)3-4-12-11/h3-5,8,13H,6-7H2,1-2H3. The van der Waals surface area contributed by atoms with Crippen LogP contribution in [-0.2, 0) is 0 Å². The van der Waals surface area contributed by atoms with E-state index in [1.807, 2.05) is 6.92 Å². The lowest BCUT2D eigenvalue weighted by atomic mass is 10.2. The van der Waals surface area contributed by atoms with Crippen LogP contribution in [0.3, 0.4) is 0 Å². The molecule has 1 unspecified atom stereocenters. The van der Waals surface area contributed by atoms with Gasteiger partial charge in [-0.15, -0.1) is 11.8 Å². The Morgan fingerprint density at radius 1 is 1.67 bits per heavy atom. The number of Topliss-reactive ketones (excluding diaryl/α,β-unsaturated/α-hetero) is 1. The molecule has 1 rings (SSSR count). The first-order valence-corrected chi connectivity index (χ1v) is 5.82. The largest absolute Gasteiger partial charge is 0.396 e. The molecule has 0 fully saturated rings. The summed E-state index contributed by atoms with van der Waals surface area (Å²) in [4.78, 5) is 15.3. The quantitative estimate of drug-likeness (QED) is 0.615. The van der Waals surface area contributed by atoms with Gasteiger partial charge in [0, 0.05) is 24.1 Å². The number of pyridine rings is 1. The molecule has 1 N–H and O–H groups in total. The summed E-state index contributed by atoms with van der Waals surface area (Å²) in [6.07, 6.45) is 1.64. The lowest BCUT2D eigenvalue weighted by Gasteiger charge is -2.06. The highest BCUT2D eigenvalue weighted by molar-refractivity contribution is 7.99. The molecule has 1 atom stereocenters. The van der Waals surface area contributed by atoms with Gasteiger partial charge in [-0.1, -0.05) is 6.92 Å². The smallest absolute Gasteiger partial charge is 0.159 e. The molecular formula is C11H15NO2S. The average molecular weight is 225 g/mol. The Labute approximate surface area is 93.9 Å². The molecule has 0 saturated carbocycles. The number of aliphatic hydroxyl groups excluding tert-OH is 1. The molecule has 1 heterocycles. The number of ketones is 1. The van der Waals surface area contributed by atoms with E-state index in [1.54, 1.807) is 37.0 Å². The van der Waals surface area contributed by atoms with E-state index in [0.29, 0.717) is 5.56 Å². The fourth-order valence-corrected chi connectivity index (χ4v) is 1.89. The van der Waals surface area contributed by atoms with Crippen molar-refractivity contribution in [1.29, 1.82) is 0 Å². The maximum absolute atomic E-state index is 11.1. The van der Waals surface area contributed by atoms with E-state index >= 15 is 0 Å². The number of carbonyl (C=O) groups is 1. The minimum Gasteiger partial charge on any atom is -0.396 e. The summed E-state index contributed by atoms with van der Waals surface area (Å²) < 4.78 is 0. The molecule has 1 aromatic rings. The van der Waals surface area contributed by atoms with Crippen molar-refractivity contribution in [3.8, 4) is 0 Å². The van der Waals surface area contributed by atoms with E-state index in [9.17, 15) is 4.79 Å². The van der Waals surface area contributed by atoms with Crippen LogP contribution >= 0.6 is 11.8 Å². The van der Waals surface area contributed by atoms with Crippen LogP contribution in [0.25, 0.3) is 0 Å². The van der Waals surface area contributed by atoms with Crippen LogP contribution in [0.5, 0.6) is 0 Å². The van der Waals surface area contributed by atoms with Gasteiger partial charge in [-0.25, -0.2) is 4.98 Å². The second-order valence-electron chi connectivity index (χ2n) is 3.54. The molecule has 0 saturated heterocycles. The van der Waals surface area contributed by atoms with E-state index in [4.69, 9.17) is 5.11 Å². The first-order valence-electron chi connectivity index (χ1n) is 4.84. The number of aliphatic hydroxyl groups is 1. The van der Waals surface area contributed by atoms with Gasteiger partial charge in [0.2, 0.25) is 0 Å². The molecule has 0 aliphatic heterocycles. The summed E-state index contributed by atoms with van der Waals surface area (Å²) >= 11 is 1.56. The molecule has 15 heavy (non-hydrogen) atoms. The second kappa shape index (κ2) is 5.88. The summed E-state index contributed by atoms with van der Waals surface area (Å²) in [6, 6.07) is 3.50. The zero-order valence-electron chi connectivity index (χ0n) is 8.93. The van der Waals surface area contributed by atoms with E-state index in [1.165, 1.54) is 0 Å². The fourth-order valence-electron chi connectivity index (χ4n) is 0.988. The van der Waals surface area contributed by atoms with Gasteiger partial charge in [-0.2, -0.15) is 0 Å². The molecule has 1 aromatic heterocycles. The van der Waals surface area contributed by atoms with Gasteiger partial charge < -0.3 is 5.11 Å². The Morgan fingerprint density at radius 3 is 3.00 bits per heavy atom. The topological polar surface area (TPSA) is 50.2 Å². The van der Waals surface area contributed by atoms with Crippen molar-refractivity contribution in [3.63, 3.8) is 0 Å². The normalized spacial score (nSPS) is 12.5. The highest BCUT2D eigenvalue weighted by Gasteiger charge is 2.04. The number of carbonyl (C=O) groups excluding carboxylic acids is 1. The molecule has 0 radical (unpaired) electrons. The van der Waals surface area contributed by atoms with Crippen LogP contribution in [0.2, 0.25) is 0 Å². The van der Waals surface area contributed by atoms with Crippen molar-refractivity contribution >= 4 is 17.5 Å². The van der Waals surface area contributed by atoms with E-state index in [-0.39, 0.29) is 18.3 Å². The number of hydrogen-bond acceptors (Lipinski definition) is 4. The molecule has 3 nitrogen and oxygen atoms in total. The van der Waals surface area contributed by atoms with Crippen molar-refractivity contribution in [2.24, 2.45) is 5.92 Å². The SMILES string of the molecule is CC(=O)c1ccnc(SCC(C)CO)c1. The minimum absolute atomic E-state index is 0.0504. The van der Waals surface area contributed by atoms with Gasteiger partial charge in [0.15, 0.2) is 5.78 Å². The molecule has 0 aromatic carbocycles. The molecule has 82 valence electrons. The summed E-state index contributed by atoms with van der Waals surface area (Å²) in [5.41, 5.74) is 0.684. The van der Waals surface area contributed by atoms with E-state index in [0.717, 1.165) is 10.8 Å². The lowest BCUT2D eigenvalue weighted by molar-refractivity contribution is 0.101. The zero-order chi connectivity index (χ0) is 11.3. The molecule has 0 aliphatic carbocycles. The van der Waals surface area contributed by atoms with Crippen LogP contribution < -0.4 is 0 Å². The van der Waals surface area contributed by atoms with Crippen molar-refractivity contribution in [2.45, 2.75) is 18.9 Å². The number of nitrogens with zero attached hydrogens (tertiary/aromatic N) is 1. The first-order chi connectivity index (χ1) is 7.13. The van der Waals surface area contributed by atoms with Gasteiger partial charge in [0.05, 0.1) is 5.03 Å². The van der Waals surface area contributed by atoms with Crippen molar-refractivity contribution in [3.05, 3.63) is 23.9 Å². The Kier molecular flexibility index (Phi) is 4.78. The van der Waals surface area contributed by atoms with Gasteiger partial charge in [0.1, 0.15) is 0 Å². The second-order valence-corrected chi connectivity index (χ2v) is 4.58. The Morgan fingerprint density at radius 2 is 2.40 bits per heavy atom. The zero-order valence-corrected chi connectivity index (χ0v) is 9.75. The molecule has 0 aliphatic rings. The monoisotopic (exact) mass is 225 g/mol. The van der Waals surface area contributed by atoms with Crippen LogP contribution in [0.4, 0.5) is 0 Å². The third-order valence-corrected chi connectivity index (χ3v) is 3.22. The number of thioether (sulfide) groups is 1. The maximum Gasteiger partial charge on any atom is 0.159 e. The third-order valence-electron chi connectivity index (χ3n) is 1.97. The first kappa shape index (κ1) is 12.2.